The molecule has 0 heterocycles. The average molecular weight is 338 g/mol. The molecule has 138 valence electrons. The van der Waals surface area contributed by atoms with Gasteiger partial charge in [-0.2, -0.15) is 13.2 Å². The third kappa shape index (κ3) is 7.00. The number of halogens is 3. The van der Waals surface area contributed by atoms with E-state index in [2.05, 4.69) is 6.92 Å². The van der Waals surface area contributed by atoms with Gasteiger partial charge in [-0.25, -0.2) is 0 Å². The maximum Gasteiger partial charge on any atom is 0.414 e. The Morgan fingerprint density at radius 1 is 1.22 bits per heavy atom. The molecule has 1 aliphatic carbocycles. The van der Waals surface area contributed by atoms with E-state index in [1.165, 1.54) is 0 Å². The summed E-state index contributed by atoms with van der Waals surface area (Å²) < 4.78 is 43.4. The second-order valence-electron chi connectivity index (χ2n) is 7.19. The molecule has 5 atom stereocenters. The van der Waals surface area contributed by atoms with Crippen LogP contribution in [-0.2, 0) is 4.74 Å². The molecule has 0 bridgehead atoms. The van der Waals surface area contributed by atoms with Crippen molar-refractivity contribution < 1.29 is 23.0 Å². The van der Waals surface area contributed by atoms with Gasteiger partial charge < -0.3 is 9.84 Å². The molecule has 1 rings (SSSR count). The van der Waals surface area contributed by atoms with Crippen LogP contribution in [0.4, 0.5) is 13.2 Å². The van der Waals surface area contributed by atoms with Crippen molar-refractivity contribution in [3.63, 3.8) is 0 Å². The summed E-state index contributed by atoms with van der Waals surface area (Å²) in [5.74, 6) is -0.192. The fourth-order valence-corrected chi connectivity index (χ4v) is 3.92. The lowest BCUT2D eigenvalue weighted by Gasteiger charge is -2.35. The van der Waals surface area contributed by atoms with Gasteiger partial charge in [0.15, 0.2) is 6.10 Å². The third-order valence-electron chi connectivity index (χ3n) is 5.58. The second-order valence-corrected chi connectivity index (χ2v) is 7.19. The van der Waals surface area contributed by atoms with Crippen LogP contribution in [0.3, 0.4) is 0 Å². The summed E-state index contributed by atoms with van der Waals surface area (Å²) >= 11 is 0. The molecule has 1 N–H and O–H groups in total. The maximum absolute atomic E-state index is 12.7. The van der Waals surface area contributed by atoms with Crippen LogP contribution in [0.1, 0.15) is 71.6 Å². The lowest BCUT2D eigenvalue weighted by molar-refractivity contribution is -0.224. The molecule has 2 nitrogen and oxygen atoms in total. The lowest BCUT2D eigenvalue weighted by atomic mass is 9.72. The Balaban J connectivity index is 2.34. The van der Waals surface area contributed by atoms with Crippen molar-refractivity contribution in [3.05, 3.63) is 0 Å². The van der Waals surface area contributed by atoms with Crippen molar-refractivity contribution in [3.8, 4) is 0 Å². The van der Waals surface area contributed by atoms with E-state index in [1.807, 2.05) is 0 Å². The van der Waals surface area contributed by atoms with Gasteiger partial charge in [-0.1, -0.05) is 52.4 Å². The molecule has 0 amide bonds. The largest absolute Gasteiger partial charge is 0.414 e. The average Bonchev–Trinajstić information content (AvgIpc) is 2.53. The van der Waals surface area contributed by atoms with E-state index in [0.717, 1.165) is 57.8 Å². The number of ether oxygens (including phenoxy) is 1. The first-order valence-corrected chi connectivity index (χ1v) is 9.07. The summed E-state index contributed by atoms with van der Waals surface area (Å²) in [6.45, 7) is 3.67. The van der Waals surface area contributed by atoms with Gasteiger partial charge in [-0.05, 0) is 37.0 Å². The van der Waals surface area contributed by atoms with Crippen LogP contribution in [0.15, 0.2) is 0 Å². The van der Waals surface area contributed by atoms with Gasteiger partial charge in [-0.15, -0.1) is 0 Å². The molecular formula is C18H33F3O2. The Morgan fingerprint density at radius 2 is 1.91 bits per heavy atom. The zero-order valence-corrected chi connectivity index (χ0v) is 14.7. The van der Waals surface area contributed by atoms with Gasteiger partial charge in [0, 0.05) is 7.11 Å². The van der Waals surface area contributed by atoms with Crippen LogP contribution in [0.2, 0.25) is 0 Å². The number of aliphatic hydroxyl groups is 1. The van der Waals surface area contributed by atoms with Crippen molar-refractivity contribution in [2.45, 2.75) is 90.0 Å². The van der Waals surface area contributed by atoms with Crippen LogP contribution in [0.5, 0.6) is 0 Å². The summed E-state index contributed by atoms with van der Waals surface area (Å²) in [6.07, 6.45) is 2.81. The van der Waals surface area contributed by atoms with Crippen molar-refractivity contribution >= 4 is 0 Å². The van der Waals surface area contributed by atoms with Gasteiger partial charge in [0.1, 0.15) is 0 Å². The summed E-state index contributed by atoms with van der Waals surface area (Å²) in [5.41, 5.74) is 0. The van der Waals surface area contributed by atoms with E-state index in [1.54, 1.807) is 14.0 Å². The number of unbranched alkanes of at least 4 members (excludes halogenated alkanes) is 1. The standard InChI is InChI=1S/C18H33F3O2/c1-4-16(23-3)11-6-5-8-14-9-7-10-15(12-14)13(2)17(22)18(19,20)21/h13-17,22H,4-12H2,1-3H3/t13?,14?,15?,16?,17-/m1/s1. The Kier molecular flexibility index (Phi) is 8.91. The molecule has 0 aromatic carbocycles. The van der Waals surface area contributed by atoms with Crippen LogP contribution >= 0.6 is 0 Å². The Bertz CT molecular complexity index is 316. The molecular weight excluding hydrogens is 305 g/mol. The predicted molar refractivity (Wildman–Crippen MR) is 86.2 cm³/mol. The summed E-state index contributed by atoms with van der Waals surface area (Å²) in [4.78, 5) is 0. The molecule has 23 heavy (non-hydrogen) atoms. The summed E-state index contributed by atoms with van der Waals surface area (Å²) in [6, 6.07) is 0. The topological polar surface area (TPSA) is 29.5 Å². The van der Waals surface area contributed by atoms with Crippen LogP contribution in [0, 0.1) is 17.8 Å². The van der Waals surface area contributed by atoms with Crippen LogP contribution in [0.25, 0.3) is 0 Å². The summed E-state index contributed by atoms with van der Waals surface area (Å²) in [5, 5.41) is 9.48. The van der Waals surface area contributed by atoms with Gasteiger partial charge in [-0.3, -0.25) is 0 Å². The molecule has 1 saturated carbocycles. The molecule has 0 saturated heterocycles. The molecule has 4 unspecified atom stereocenters. The first kappa shape index (κ1) is 20.8. The highest BCUT2D eigenvalue weighted by atomic mass is 19.4. The highest BCUT2D eigenvalue weighted by Gasteiger charge is 2.44. The molecule has 0 aliphatic heterocycles. The van der Waals surface area contributed by atoms with Crippen molar-refractivity contribution in [1.29, 1.82) is 0 Å². The van der Waals surface area contributed by atoms with Crippen molar-refractivity contribution in [2.24, 2.45) is 17.8 Å². The van der Waals surface area contributed by atoms with E-state index in [0.29, 0.717) is 12.0 Å². The fraction of sp³-hybridized carbons (Fsp3) is 1.00. The fourth-order valence-electron chi connectivity index (χ4n) is 3.92. The van der Waals surface area contributed by atoms with Crippen molar-refractivity contribution in [1.82, 2.24) is 0 Å². The van der Waals surface area contributed by atoms with Crippen molar-refractivity contribution in [2.75, 3.05) is 7.11 Å². The van der Waals surface area contributed by atoms with Gasteiger partial charge in [0.2, 0.25) is 0 Å². The monoisotopic (exact) mass is 338 g/mol. The van der Waals surface area contributed by atoms with Gasteiger partial charge >= 0.3 is 6.18 Å². The highest BCUT2D eigenvalue weighted by Crippen LogP contribution is 2.40. The molecule has 1 aliphatic rings. The number of rotatable bonds is 9. The normalized spacial score (nSPS) is 26.7. The second kappa shape index (κ2) is 9.87. The Morgan fingerprint density at radius 3 is 2.48 bits per heavy atom. The Labute approximate surface area is 138 Å². The van der Waals surface area contributed by atoms with E-state index in [9.17, 15) is 18.3 Å². The minimum atomic E-state index is -4.50. The third-order valence-corrected chi connectivity index (χ3v) is 5.58. The SMILES string of the molecule is CCC(CCCCC1CCCC(C(C)[C@@H](O)C(F)(F)F)C1)OC. The minimum absolute atomic E-state index is 0.00672. The molecule has 0 aromatic rings. The van der Waals surface area contributed by atoms with Gasteiger partial charge in [0.05, 0.1) is 6.10 Å². The van der Waals surface area contributed by atoms with E-state index in [-0.39, 0.29) is 5.92 Å². The first-order valence-electron chi connectivity index (χ1n) is 9.07. The number of alkyl halides is 3. The maximum atomic E-state index is 12.7. The zero-order chi connectivity index (χ0) is 17.5. The molecule has 0 spiro atoms. The smallest absolute Gasteiger partial charge is 0.383 e. The lowest BCUT2D eigenvalue weighted by Crippen LogP contribution is -2.39. The molecule has 1 fully saturated rings. The first-order chi connectivity index (χ1) is 10.8. The van der Waals surface area contributed by atoms with Crippen LogP contribution < -0.4 is 0 Å². The van der Waals surface area contributed by atoms with E-state index >= 15 is 0 Å². The van der Waals surface area contributed by atoms with E-state index < -0.39 is 18.2 Å². The van der Waals surface area contributed by atoms with Gasteiger partial charge in [0.25, 0.3) is 0 Å². The predicted octanol–water partition coefficient (Wildman–Crippen LogP) is 5.34. The number of hydrogen-bond acceptors (Lipinski definition) is 2. The molecule has 0 aromatic heterocycles. The van der Waals surface area contributed by atoms with E-state index in [4.69, 9.17) is 4.74 Å². The number of hydrogen-bond donors (Lipinski definition) is 1. The van der Waals surface area contributed by atoms with Crippen LogP contribution in [-0.4, -0.2) is 30.6 Å². The number of methoxy groups -OCH3 is 1. The molecule has 0 radical (unpaired) electrons. The molecule has 5 heteroatoms. The minimum Gasteiger partial charge on any atom is -0.383 e. The zero-order valence-electron chi connectivity index (χ0n) is 14.7. The number of aliphatic hydroxyl groups excluding tert-OH is 1. The highest BCUT2D eigenvalue weighted by molar-refractivity contribution is 4.83. The Hall–Kier alpha value is -0.290. The quantitative estimate of drug-likeness (QED) is 0.575. The summed E-state index contributed by atoms with van der Waals surface area (Å²) in [7, 11) is 1.74.